The van der Waals surface area contributed by atoms with Crippen LogP contribution < -0.4 is 5.32 Å². The van der Waals surface area contributed by atoms with Crippen molar-refractivity contribution in [2.45, 2.75) is 6.92 Å². The van der Waals surface area contributed by atoms with Gasteiger partial charge >= 0.3 is 0 Å². The number of rotatable bonds is 3. The van der Waals surface area contributed by atoms with Crippen LogP contribution >= 0.6 is 27.5 Å². The second-order valence-corrected chi connectivity index (χ2v) is 5.41. The molecule has 1 aromatic carbocycles. The summed E-state index contributed by atoms with van der Waals surface area (Å²) >= 11 is 9.36. The van der Waals surface area contributed by atoms with Gasteiger partial charge in [0.25, 0.3) is 5.95 Å². The Bertz CT molecular complexity index is 775. The van der Waals surface area contributed by atoms with E-state index in [1.807, 2.05) is 25.1 Å². The summed E-state index contributed by atoms with van der Waals surface area (Å²) in [4.78, 5) is 16.2. The third-order valence-electron chi connectivity index (χ3n) is 2.67. The van der Waals surface area contributed by atoms with Gasteiger partial charge in [0.2, 0.25) is 11.2 Å². The van der Waals surface area contributed by atoms with Crippen molar-refractivity contribution >= 4 is 39.2 Å². The summed E-state index contributed by atoms with van der Waals surface area (Å²) in [6.07, 6.45) is 2.88. The van der Waals surface area contributed by atoms with Crippen LogP contribution in [-0.4, -0.2) is 29.7 Å². The predicted octanol–water partition coefficient (Wildman–Crippen LogP) is 2.92. The molecular formula is C12H9BrClN7. The quantitative estimate of drug-likeness (QED) is 0.767. The Morgan fingerprint density at radius 1 is 1.24 bits per heavy atom. The normalized spacial score (nSPS) is 10.6. The standard InChI is InChI=1S/C12H9BrClN7/c1-7-2-3-8(13)4-9(7)17-11-18-10(14)19-12(20-11)21-6-15-5-16-21/h2-6H,1H3,(H,17,18,19,20). The topological polar surface area (TPSA) is 81.4 Å². The maximum absolute atomic E-state index is 5.93. The molecule has 0 saturated carbocycles. The Hall–Kier alpha value is -2.06. The number of hydrogen-bond donors (Lipinski definition) is 1. The Morgan fingerprint density at radius 2 is 2.10 bits per heavy atom. The van der Waals surface area contributed by atoms with Gasteiger partial charge < -0.3 is 5.32 Å². The van der Waals surface area contributed by atoms with E-state index in [2.05, 4.69) is 46.3 Å². The number of aryl methyl sites for hydroxylation is 1. The fourth-order valence-corrected chi connectivity index (χ4v) is 2.18. The minimum absolute atomic E-state index is 0.0747. The molecule has 9 heteroatoms. The molecule has 0 spiro atoms. The van der Waals surface area contributed by atoms with Crippen LogP contribution in [0.5, 0.6) is 0 Å². The molecule has 0 bridgehead atoms. The van der Waals surface area contributed by atoms with Crippen LogP contribution in [0.25, 0.3) is 5.95 Å². The van der Waals surface area contributed by atoms with Crippen molar-refractivity contribution in [1.82, 2.24) is 29.7 Å². The van der Waals surface area contributed by atoms with Gasteiger partial charge in [-0.1, -0.05) is 22.0 Å². The van der Waals surface area contributed by atoms with E-state index < -0.39 is 0 Å². The first-order valence-corrected chi connectivity index (χ1v) is 7.09. The highest BCUT2D eigenvalue weighted by Gasteiger charge is 2.09. The van der Waals surface area contributed by atoms with Crippen molar-refractivity contribution < 1.29 is 0 Å². The minimum Gasteiger partial charge on any atom is -0.324 e. The van der Waals surface area contributed by atoms with Crippen LogP contribution in [0.3, 0.4) is 0 Å². The molecule has 3 rings (SSSR count). The summed E-state index contributed by atoms with van der Waals surface area (Å²) in [5, 5.41) is 7.16. The number of benzene rings is 1. The van der Waals surface area contributed by atoms with Crippen LogP contribution in [0.2, 0.25) is 5.28 Å². The summed E-state index contributed by atoms with van der Waals surface area (Å²) in [5.41, 5.74) is 1.92. The van der Waals surface area contributed by atoms with E-state index in [0.717, 1.165) is 15.7 Å². The summed E-state index contributed by atoms with van der Waals surface area (Å²) < 4.78 is 2.36. The van der Waals surface area contributed by atoms with Crippen molar-refractivity contribution in [1.29, 1.82) is 0 Å². The highest BCUT2D eigenvalue weighted by molar-refractivity contribution is 9.10. The molecule has 0 aliphatic carbocycles. The molecular weight excluding hydrogens is 358 g/mol. The number of nitrogens with zero attached hydrogens (tertiary/aromatic N) is 6. The lowest BCUT2D eigenvalue weighted by Gasteiger charge is -2.09. The molecule has 0 fully saturated rings. The van der Waals surface area contributed by atoms with E-state index >= 15 is 0 Å². The van der Waals surface area contributed by atoms with Crippen molar-refractivity contribution in [2.24, 2.45) is 0 Å². The van der Waals surface area contributed by atoms with Crippen LogP contribution in [0.4, 0.5) is 11.6 Å². The summed E-state index contributed by atoms with van der Waals surface area (Å²) in [7, 11) is 0. The zero-order chi connectivity index (χ0) is 14.8. The van der Waals surface area contributed by atoms with E-state index in [4.69, 9.17) is 11.6 Å². The van der Waals surface area contributed by atoms with Gasteiger partial charge in [-0.25, -0.2) is 4.98 Å². The van der Waals surface area contributed by atoms with Crippen LogP contribution in [-0.2, 0) is 0 Å². The van der Waals surface area contributed by atoms with Gasteiger partial charge in [-0.3, -0.25) is 0 Å². The molecule has 0 amide bonds. The van der Waals surface area contributed by atoms with E-state index in [1.165, 1.54) is 17.3 Å². The van der Waals surface area contributed by atoms with Crippen LogP contribution in [0, 0.1) is 6.92 Å². The molecule has 7 nitrogen and oxygen atoms in total. The molecule has 2 heterocycles. The Morgan fingerprint density at radius 3 is 2.86 bits per heavy atom. The van der Waals surface area contributed by atoms with E-state index in [-0.39, 0.29) is 5.28 Å². The second-order valence-electron chi connectivity index (χ2n) is 4.15. The van der Waals surface area contributed by atoms with Gasteiger partial charge in [0.1, 0.15) is 12.7 Å². The minimum atomic E-state index is 0.0747. The number of aromatic nitrogens is 6. The molecule has 0 saturated heterocycles. The van der Waals surface area contributed by atoms with Gasteiger partial charge in [-0.2, -0.15) is 24.7 Å². The Balaban J connectivity index is 1.97. The first-order valence-electron chi connectivity index (χ1n) is 5.91. The monoisotopic (exact) mass is 365 g/mol. The fourth-order valence-electron chi connectivity index (χ4n) is 1.66. The van der Waals surface area contributed by atoms with E-state index in [9.17, 15) is 0 Å². The second kappa shape index (κ2) is 5.74. The Labute approximate surface area is 133 Å². The fraction of sp³-hybridized carbons (Fsp3) is 0.0833. The van der Waals surface area contributed by atoms with Crippen molar-refractivity contribution in [3.63, 3.8) is 0 Å². The number of nitrogens with one attached hydrogen (secondary N) is 1. The maximum atomic E-state index is 5.93. The third-order valence-corrected chi connectivity index (χ3v) is 3.33. The lowest BCUT2D eigenvalue weighted by molar-refractivity contribution is 0.796. The molecule has 3 aromatic rings. The van der Waals surface area contributed by atoms with Crippen molar-refractivity contribution in [3.8, 4) is 5.95 Å². The van der Waals surface area contributed by atoms with Gasteiger partial charge in [0.05, 0.1) is 0 Å². The molecule has 0 aliphatic heterocycles. The highest BCUT2D eigenvalue weighted by atomic mass is 79.9. The lowest BCUT2D eigenvalue weighted by atomic mass is 10.2. The van der Waals surface area contributed by atoms with E-state index in [1.54, 1.807) is 0 Å². The highest BCUT2D eigenvalue weighted by Crippen LogP contribution is 2.23. The number of halogens is 2. The zero-order valence-electron chi connectivity index (χ0n) is 10.8. The average molecular weight is 367 g/mol. The van der Waals surface area contributed by atoms with Gasteiger partial charge in [-0.05, 0) is 36.2 Å². The lowest BCUT2D eigenvalue weighted by Crippen LogP contribution is -2.07. The summed E-state index contributed by atoms with van der Waals surface area (Å²) in [5.74, 6) is 0.629. The summed E-state index contributed by atoms with van der Waals surface area (Å²) in [6.45, 7) is 1.98. The number of anilines is 2. The molecule has 0 aliphatic rings. The van der Waals surface area contributed by atoms with Crippen LogP contribution in [0.1, 0.15) is 5.56 Å². The molecule has 106 valence electrons. The van der Waals surface area contributed by atoms with Crippen molar-refractivity contribution in [3.05, 3.63) is 46.2 Å². The first-order chi connectivity index (χ1) is 10.1. The third kappa shape index (κ3) is 3.17. The largest absolute Gasteiger partial charge is 0.324 e. The molecule has 0 radical (unpaired) electrons. The van der Waals surface area contributed by atoms with Gasteiger partial charge in [0.15, 0.2) is 0 Å². The van der Waals surface area contributed by atoms with Gasteiger partial charge in [0, 0.05) is 10.2 Å². The summed E-state index contributed by atoms with van der Waals surface area (Å²) in [6, 6.07) is 5.87. The zero-order valence-corrected chi connectivity index (χ0v) is 13.2. The molecule has 21 heavy (non-hydrogen) atoms. The van der Waals surface area contributed by atoms with Gasteiger partial charge in [-0.15, -0.1) is 0 Å². The van der Waals surface area contributed by atoms with Crippen LogP contribution in [0.15, 0.2) is 35.3 Å². The first kappa shape index (κ1) is 13.9. The SMILES string of the molecule is Cc1ccc(Br)cc1Nc1nc(Cl)nc(-n2cncn2)n1. The number of hydrogen-bond acceptors (Lipinski definition) is 6. The van der Waals surface area contributed by atoms with E-state index in [0.29, 0.717) is 11.9 Å². The predicted molar refractivity (Wildman–Crippen MR) is 81.9 cm³/mol. The molecule has 2 aromatic heterocycles. The maximum Gasteiger partial charge on any atom is 0.258 e. The Kier molecular flexibility index (Phi) is 3.80. The smallest absolute Gasteiger partial charge is 0.258 e. The molecule has 0 atom stereocenters. The molecule has 0 unspecified atom stereocenters. The molecule has 1 N–H and O–H groups in total. The van der Waals surface area contributed by atoms with Crippen molar-refractivity contribution in [2.75, 3.05) is 5.32 Å². The average Bonchev–Trinajstić information content (AvgIpc) is 2.96.